The Morgan fingerprint density at radius 2 is 2.06 bits per heavy atom. The molecule has 0 saturated carbocycles. The van der Waals surface area contributed by atoms with E-state index in [0.717, 1.165) is 6.42 Å². The van der Waals surface area contributed by atoms with E-state index in [1.807, 2.05) is 17.5 Å². The van der Waals surface area contributed by atoms with Crippen LogP contribution < -0.4 is 5.32 Å². The van der Waals surface area contributed by atoms with E-state index in [4.69, 9.17) is 0 Å². The number of hydrogen-bond donors (Lipinski definition) is 1. The van der Waals surface area contributed by atoms with Crippen molar-refractivity contribution in [2.45, 2.75) is 12.8 Å². The molecule has 1 amide bonds. The van der Waals surface area contributed by atoms with Crippen molar-refractivity contribution in [3.8, 4) is 0 Å². The molecule has 1 heterocycles. The molecule has 0 radical (unpaired) electrons. The highest BCUT2D eigenvalue weighted by Crippen LogP contribution is 2.09. The molecule has 0 fully saturated rings. The Bertz CT molecular complexity index is 510. The van der Waals surface area contributed by atoms with E-state index >= 15 is 0 Å². The third kappa shape index (κ3) is 3.67. The van der Waals surface area contributed by atoms with Crippen molar-refractivity contribution >= 4 is 17.2 Å². The Morgan fingerprint density at radius 1 is 1.22 bits per heavy atom. The zero-order valence-corrected chi connectivity index (χ0v) is 10.7. The number of rotatable bonds is 5. The largest absolute Gasteiger partial charge is 0.355 e. The van der Waals surface area contributed by atoms with Crippen LogP contribution in [0.4, 0.5) is 4.39 Å². The van der Waals surface area contributed by atoms with Crippen molar-refractivity contribution in [1.29, 1.82) is 0 Å². The van der Waals surface area contributed by atoms with Gasteiger partial charge in [0.15, 0.2) is 0 Å². The Kier molecular flexibility index (Phi) is 4.47. The summed E-state index contributed by atoms with van der Waals surface area (Å²) < 4.78 is 13.3. The van der Waals surface area contributed by atoms with Gasteiger partial charge in [0.1, 0.15) is 5.82 Å². The van der Waals surface area contributed by atoms with Gasteiger partial charge in [-0.15, -0.1) is 11.3 Å². The first kappa shape index (κ1) is 12.8. The van der Waals surface area contributed by atoms with E-state index in [1.165, 1.54) is 10.9 Å². The second kappa shape index (κ2) is 6.31. The molecule has 0 atom stereocenters. The lowest BCUT2D eigenvalue weighted by molar-refractivity contribution is -0.120. The average molecular weight is 263 g/mol. The van der Waals surface area contributed by atoms with Crippen LogP contribution in [0.15, 0.2) is 41.8 Å². The lowest BCUT2D eigenvalue weighted by atomic mass is 10.1. The van der Waals surface area contributed by atoms with Gasteiger partial charge in [-0.05, 0) is 29.5 Å². The minimum Gasteiger partial charge on any atom is -0.355 e. The topological polar surface area (TPSA) is 29.1 Å². The first-order chi connectivity index (χ1) is 8.75. The molecule has 1 aromatic heterocycles. The normalized spacial score (nSPS) is 10.3. The van der Waals surface area contributed by atoms with E-state index in [2.05, 4.69) is 5.32 Å². The fourth-order valence-electron chi connectivity index (χ4n) is 1.66. The predicted octanol–water partition coefficient (Wildman–Crippen LogP) is 2.79. The molecule has 0 spiro atoms. The zero-order valence-electron chi connectivity index (χ0n) is 9.86. The molecule has 1 aromatic carbocycles. The van der Waals surface area contributed by atoms with Crippen LogP contribution in [0.2, 0.25) is 0 Å². The van der Waals surface area contributed by atoms with Crippen molar-refractivity contribution in [3.05, 3.63) is 58.0 Å². The van der Waals surface area contributed by atoms with Crippen LogP contribution in [0.1, 0.15) is 10.4 Å². The minimum atomic E-state index is -0.328. The number of carbonyl (C=O) groups excluding carboxylic acids is 1. The molecule has 0 aliphatic carbocycles. The molecule has 0 aliphatic heterocycles. The molecular weight excluding hydrogens is 249 g/mol. The number of hydrogen-bond acceptors (Lipinski definition) is 2. The molecule has 2 aromatic rings. The van der Waals surface area contributed by atoms with Crippen LogP contribution >= 0.6 is 11.3 Å². The van der Waals surface area contributed by atoms with Gasteiger partial charge < -0.3 is 5.32 Å². The third-order valence-corrected chi connectivity index (χ3v) is 3.52. The van der Waals surface area contributed by atoms with E-state index < -0.39 is 0 Å². The average Bonchev–Trinajstić information content (AvgIpc) is 2.85. The summed E-state index contributed by atoms with van der Waals surface area (Å²) in [6.45, 7) is 0.591. The highest BCUT2D eigenvalue weighted by molar-refractivity contribution is 7.09. The van der Waals surface area contributed by atoms with Crippen molar-refractivity contribution in [2.24, 2.45) is 0 Å². The summed E-state index contributed by atoms with van der Waals surface area (Å²) in [7, 11) is 0. The summed E-state index contributed by atoms with van der Waals surface area (Å²) in [5, 5.41) is 4.81. The molecule has 2 rings (SSSR count). The molecule has 1 N–H and O–H groups in total. The predicted molar refractivity (Wildman–Crippen MR) is 71.1 cm³/mol. The third-order valence-electron chi connectivity index (χ3n) is 2.58. The molecule has 0 aliphatic rings. The molecule has 0 unspecified atom stereocenters. The van der Waals surface area contributed by atoms with E-state index in [9.17, 15) is 9.18 Å². The highest BCUT2D eigenvalue weighted by atomic mass is 32.1. The molecule has 0 saturated heterocycles. The first-order valence-corrected chi connectivity index (χ1v) is 6.66. The lowest BCUT2D eigenvalue weighted by Gasteiger charge is -2.05. The summed E-state index contributed by atoms with van der Waals surface area (Å²) in [5.41, 5.74) is 0.436. The fraction of sp³-hybridized carbons (Fsp3) is 0.214. The Balaban J connectivity index is 1.77. The van der Waals surface area contributed by atoms with Gasteiger partial charge in [-0.2, -0.15) is 0 Å². The SMILES string of the molecule is O=C(Cc1ccccc1F)NCCc1cccs1. The van der Waals surface area contributed by atoms with E-state index in [0.29, 0.717) is 12.1 Å². The summed E-state index contributed by atoms with van der Waals surface area (Å²) in [5.74, 6) is -0.470. The maximum absolute atomic E-state index is 13.3. The van der Waals surface area contributed by atoms with Crippen LogP contribution in [0, 0.1) is 5.82 Å². The van der Waals surface area contributed by atoms with Crippen molar-refractivity contribution in [3.63, 3.8) is 0 Å². The molecule has 4 heteroatoms. The molecule has 18 heavy (non-hydrogen) atoms. The number of carbonyl (C=O) groups is 1. The summed E-state index contributed by atoms with van der Waals surface area (Å²) >= 11 is 1.67. The molecule has 0 bridgehead atoms. The maximum atomic E-state index is 13.3. The standard InChI is InChI=1S/C14H14FNOS/c15-13-6-2-1-4-11(13)10-14(17)16-8-7-12-5-3-9-18-12/h1-6,9H,7-8,10H2,(H,16,17). The smallest absolute Gasteiger partial charge is 0.224 e. The van der Waals surface area contributed by atoms with Crippen LogP contribution in [-0.4, -0.2) is 12.5 Å². The van der Waals surface area contributed by atoms with Crippen LogP contribution in [-0.2, 0) is 17.6 Å². The van der Waals surface area contributed by atoms with Crippen LogP contribution in [0.5, 0.6) is 0 Å². The number of nitrogens with one attached hydrogen (secondary N) is 1. The van der Waals surface area contributed by atoms with Gasteiger partial charge in [-0.25, -0.2) is 4.39 Å². The zero-order chi connectivity index (χ0) is 12.8. The summed E-state index contributed by atoms with van der Waals surface area (Å²) in [4.78, 5) is 12.9. The van der Waals surface area contributed by atoms with Crippen molar-refractivity contribution < 1.29 is 9.18 Å². The van der Waals surface area contributed by atoms with Crippen molar-refractivity contribution in [2.75, 3.05) is 6.54 Å². The van der Waals surface area contributed by atoms with Gasteiger partial charge in [0.25, 0.3) is 0 Å². The molecular formula is C14H14FNOS. The van der Waals surface area contributed by atoms with Crippen LogP contribution in [0.25, 0.3) is 0 Å². The summed E-state index contributed by atoms with van der Waals surface area (Å²) in [6, 6.07) is 10.4. The second-order valence-corrected chi connectivity index (χ2v) is 4.98. The quantitative estimate of drug-likeness (QED) is 0.883. The van der Waals surface area contributed by atoms with E-state index in [1.54, 1.807) is 29.5 Å². The monoisotopic (exact) mass is 263 g/mol. The van der Waals surface area contributed by atoms with Crippen LogP contribution in [0.3, 0.4) is 0 Å². The van der Waals surface area contributed by atoms with Gasteiger partial charge in [-0.1, -0.05) is 24.3 Å². The Labute approximate surface area is 109 Å². The number of halogens is 1. The number of thiophene rings is 1. The van der Waals surface area contributed by atoms with Crippen molar-refractivity contribution in [1.82, 2.24) is 5.32 Å². The Morgan fingerprint density at radius 3 is 2.78 bits per heavy atom. The lowest BCUT2D eigenvalue weighted by Crippen LogP contribution is -2.27. The minimum absolute atomic E-state index is 0.0944. The second-order valence-electron chi connectivity index (χ2n) is 3.95. The van der Waals surface area contributed by atoms with E-state index in [-0.39, 0.29) is 18.1 Å². The summed E-state index contributed by atoms with van der Waals surface area (Å²) in [6.07, 6.45) is 0.914. The van der Waals surface area contributed by atoms with Gasteiger partial charge >= 0.3 is 0 Å². The molecule has 2 nitrogen and oxygen atoms in total. The fourth-order valence-corrected chi connectivity index (χ4v) is 2.37. The maximum Gasteiger partial charge on any atom is 0.224 e. The highest BCUT2D eigenvalue weighted by Gasteiger charge is 2.06. The van der Waals surface area contributed by atoms with Gasteiger partial charge in [0.05, 0.1) is 6.42 Å². The van der Waals surface area contributed by atoms with Gasteiger partial charge in [-0.3, -0.25) is 4.79 Å². The van der Waals surface area contributed by atoms with Gasteiger partial charge in [0.2, 0.25) is 5.91 Å². The molecule has 94 valence electrons. The Hall–Kier alpha value is -1.68. The first-order valence-electron chi connectivity index (χ1n) is 5.78. The number of amides is 1. The number of benzene rings is 1. The van der Waals surface area contributed by atoms with Gasteiger partial charge in [0, 0.05) is 11.4 Å².